The predicted octanol–water partition coefficient (Wildman–Crippen LogP) is 6.38. The smallest absolute Gasteiger partial charge is 0.261 e. The first-order valence-corrected chi connectivity index (χ1v) is 26.1. The molecule has 2 heterocycles. The fraction of sp³-hybridized carbons (Fsp3) is 0.292. The monoisotopic (exact) mass is 1060 g/mol. The molecule has 0 fully saturated rings. The van der Waals surface area contributed by atoms with E-state index in [1.807, 2.05) is 0 Å². The molecular formula is C48H60ClF2N11O8S2. The van der Waals surface area contributed by atoms with Gasteiger partial charge >= 0.3 is 0 Å². The third-order valence-electron chi connectivity index (χ3n) is 9.95. The molecule has 4 aromatic carbocycles. The fourth-order valence-electron chi connectivity index (χ4n) is 6.05. The molecule has 2 aromatic heterocycles. The molecule has 0 amide bonds. The fourth-order valence-corrected chi connectivity index (χ4v) is 7.94. The van der Waals surface area contributed by atoms with Gasteiger partial charge in [-0.3, -0.25) is 9.59 Å². The molecule has 9 N–H and O–H groups in total. The summed E-state index contributed by atoms with van der Waals surface area (Å²) in [5.41, 5.74) is 17.3. The van der Waals surface area contributed by atoms with E-state index in [1.54, 1.807) is 36.4 Å². The van der Waals surface area contributed by atoms with Gasteiger partial charge in [0, 0.05) is 42.7 Å². The molecule has 72 heavy (non-hydrogen) atoms. The molecule has 0 aliphatic rings. The van der Waals surface area contributed by atoms with Gasteiger partial charge in [0.2, 0.25) is 33.5 Å². The number of aromatic nitrogens is 4. The van der Waals surface area contributed by atoms with Crippen molar-refractivity contribution in [1.29, 1.82) is 0 Å². The Labute approximate surface area is 423 Å². The van der Waals surface area contributed by atoms with E-state index >= 15 is 0 Å². The number of halogens is 3. The molecule has 0 saturated heterocycles. The van der Waals surface area contributed by atoms with Crippen molar-refractivity contribution in [3.63, 3.8) is 0 Å². The first-order chi connectivity index (χ1) is 34.3. The number of nitrogens with one attached hydrogen (secondary N) is 3. The number of ketones is 2. The van der Waals surface area contributed by atoms with Gasteiger partial charge in [0.05, 0.1) is 46.3 Å². The number of nitrogens with two attached hydrogens (primary N) is 3. The standard InChI is InChI=1S/C21H22FN5O4S.C15H18FN5O2.C6H5ClO2S.C6H15N/c1-31-18-9-8-14(22)12-16(18)19(28)17-13-25-21(27-20(17)23)24-10-5-11-26-32(29,30)15-6-3-2-4-7-15;1-23-12-4-3-9(16)7-10(12)13(22)11-8-20-15(21-14(11)18)19-6-2-5-17;7-10(8,9)6-4-2-1-3-5-6;1-4-7(5-2)6-3/h2-4,6-9,12-13,26H,5,10-11H2,1H3,(H3,23,24,25,27);3-4,7-8H,2,5-6,17H2,1H3,(H3,18,19,20,21);1-5H;4-6H2,1-3H3. The first-order valence-electron chi connectivity index (χ1n) is 22.3. The van der Waals surface area contributed by atoms with E-state index in [0.717, 1.165) is 18.6 Å². The van der Waals surface area contributed by atoms with E-state index < -0.39 is 42.3 Å². The zero-order chi connectivity index (χ0) is 53.3. The van der Waals surface area contributed by atoms with Crippen LogP contribution < -0.4 is 42.0 Å². The van der Waals surface area contributed by atoms with Crippen LogP contribution in [-0.4, -0.2) is 113 Å². The largest absolute Gasteiger partial charge is 0.496 e. The number of methoxy groups -OCH3 is 2. The number of benzene rings is 4. The van der Waals surface area contributed by atoms with Crippen molar-refractivity contribution in [2.45, 2.75) is 43.4 Å². The van der Waals surface area contributed by atoms with E-state index in [4.69, 9.17) is 37.4 Å². The minimum Gasteiger partial charge on any atom is -0.496 e. The van der Waals surface area contributed by atoms with Crippen molar-refractivity contribution >= 4 is 64.9 Å². The van der Waals surface area contributed by atoms with Crippen molar-refractivity contribution in [3.05, 3.63) is 143 Å². The first kappa shape index (κ1) is 59.4. The lowest BCUT2D eigenvalue weighted by Gasteiger charge is -2.13. The summed E-state index contributed by atoms with van der Waals surface area (Å²) in [4.78, 5) is 44.1. The topological polar surface area (TPSA) is 290 Å². The summed E-state index contributed by atoms with van der Waals surface area (Å²) in [5.74, 6) is -1.35. The van der Waals surface area contributed by atoms with Gasteiger partial charge in [-0.05, 0) is 99.7 Å². The van der Waals surface area contributed by atoms with Gasteiger partial charge in [-0.25, -0.2) is 40.3 Å². The zero-order valence-corrected chi connectivity index (χ0v) is 42.8. The van der Waals surface area contributed by atoms with Crippen LogP contribution in [0.5, 0.6) is 11.5 Å². The Kier molecular flexibility index (Phi) is 24.8. The third kappa shape index (κ3) is 19.0. The van der Waals surface area contributed by atoms with Gasteiger partial charge in [-0.1, -0.05) is 57.2 Å². The number of carbonyl (C=O) groups excluding carboxylic acids is 2. The lowest BCUT2D eigenvalue weighted by molar-refractivity contribution is 0.102. The van der Waals surface area contributed by atoms with Crippen LogP contribution in [-0.2, 0) is 19.1 Å². The van der Waals surface area contributed by atoms with Gasteiger partial charge in [0.15, 0.2) is 0 Å². The zero-order valence-electron chi connectivity index (χ0n) is 40.4. The summed E-state index contributed by atoms with van der Waals surface area (Å²) in [5, 5.41) is 5.86. The Morgan fingerprint density at radius 2 is 1.04 bits per heavy atom. The molecule has 6 aromatic rings. The van der Waals surface area contributed by atoms with E-state index in [0.29, 0.717) is 32.0 Å². The number of hydrogen-bond acceptors (Lipinski definition) is 18. The van der Waals surface area contributed by atoms with Crippen LogP contribution in [0.3, 0.4) is 0 Å². The SMILES string of the molecule is CCN(CC)CC.COc1ccc(F)cc1C(=O)c1cnc(NCCCN)nc1N.COc1ccc(F)cc1C(=O)c1cnc(NCCCNS(=O)(=O)c2ccccc2)nc1N.O=S(=O)(Cl)c1ccccc1. The van der Waals surface area contributed by atoms with E-state index in [-0.39, 0.29) is 67.7 Å². The predicted molar refractivity (Wildman–Crippen MR) is 275 cm³/mol. The molecular weight excluding hydrogens is 996 g/mol. The number of nitrogen functional groups attached to an aromatic ring is 2. The lowest BCUT2D eigenvalue weighted by atomic mass is 10.0. The number of hydrogen-bond donors (Lipinski definition) is 6. The average molecular weight is 1060 g/mol. The maximum absolute atomic E-state index is 13.6. The molecule has 0 aliphatic heterocycles. The van der Waals surface area contributed by atoms with Gasteiger partial charge < -0.3 is 42.2 Å². The molecule has 0 radical (unpaired) electrons. The van der Waals surface area contributed by atoms with Crippen LogP contribution in [0, 0.1) is 11.6 Å². The van der Waals surface area contributed by atoms with Crippen LogP contribution in [0.15, 0.2) is 119 Å². The molecule has 0 saturated carbocycles. The lowest BCUT2D eigenvalue weighted by Crippen LogP contribution is -2.26. The van der Waals surface area contributed by atoms with Gasteiger partial charge in [-0.2, -0.15) is 9.97 Å². The summed E-state index contributed by atoms with van der Waals surface area (Å²) >= 11 is 0. The van der Waals surface area contributed by atoms with Crippen LogP contribution >= 0.6 is 10.7 Å². The number of sulfonamides is 1. The normalized spacial score (nSPS) is 10.9. The highest BCUT2D eigenvalue weighted by molar-refractivity contribution is 8.13. The maximum atomic E-state index is 13.6. The van der Waals surface area contributed by atoms with E-state index in [9.17, 15) is 35.2 Å². The molecule has 0 aliphatic carbocycles. The van der Waals surface area contributed by atoms with Crippen molar-refractivity contribution in [1.82, 2.24) is 29.6 Å². The Morgan fingerprint density at radius 3 is 1.39 bits per heavy atom. The number of anilines is 4. The number of rotatable bonds is 21. The molecule has 0 unspecified atom stereocenters. The Balaban J connectivity index is 0.000000295. The van der Waals surface area contributed by atoms with E-state index in [1.165, 1.54) is 94.8 Å². The summed E-state index contributed by atoms with van der Waals surface area (Å²) in [6, 6.07) is 23.2. The van der Waals surface area contributed by atoms with Crippen molar-refractivity contribution in [2.75, 3.05) is 82.1 Å². The summed E-state index contributed by atoms with van der Waals surface area (Å²) in [6.45, 7) is 11.8. The molecule has 0 atom stereocenters. The molecule has 6 rings (SSSR count). The quantitative estimate of drug-likeness (QED) is 0.0259. The Hall–Kier alpha value is -6.89. The van der Waals surface area contributed by atoms with Gasteiger partial charge in [-0.15, -0.1) is 0 Å². The van der Waals surface area contributed by atoms with Gasteiger partial charge in [0.25, 0.3) is 9.05 Å². The van der Waals surface area contributed by atoms with Crippen LogP contribution in [0.25, 0.3) is 0 Å². The minimum absolute atomic E-state index is 0.00608. The Morgan fingerprint density at radius 1 is 0.625 bits per heavy atom. The second-order valence-electron chi connectivity index (χ2n) is 14.8. The number of nitrogens with zero attached hydrogens (tertiary/aromatic N) is 5. The van der Waals surface area contributed by atoms with Crippen molar-refractivity contribution in [3.8, 4) is 11.5 Å². The number of ether oxygens (including phenoxy) is 2. The van der Waals surface area contributed by atoms with Crippen LogP contribution in [0.4, 0.5) is 32.3 Å². The van der Waals surface area contributed by atoms with Crippen molar-refractivity contribution in [2.24, 2.45) is 5.73 Å². The average Bonchev–Trinajstić information content (AvgIpc) is 3.37. The third-order valence-corrected chi connectivity index (χ3v) is 12.8. The van der Waals surface area contributed by atoms with E-state index in [2.05, 4.69) is 61.0 Å². The summed E-state index contributed by atoms with van der Waals surface area (Å²) in [6.07, 6.45) is 3.76. The van der Waals surface area contributed by atoms with Gasteiger partial charge in [0.1, 0.15) is 34.8 Å². The number of carbonyl (C=O) groups is 2. The molecule has 24 heteroatoms. The summed E-state index contributed by atoms with van der Waals surface area (Å²) < 4.78 is 85.2. The van der Waals surface area contributed by atoms with Crippen molar-refractivity contribution < 1.29 is 44.7 Å². The highest BCUT2D eigenvalue weighted by Crippen LogP contribution is 2.26. The minimum atomic E-state index is -3.57. The molecule has 0 spiro atoms. The maximum Gasteiger partial charge on any atom is 0.261 e. The summed E-state index contributed by atoms with van der Waals surface area (Å²) in [7, 11) is 0.703. The highest BCUT2D eigenvalue weighted by atomic mass is 35.7. The molecule has 0 bridgehead atoms. The second-order valence-corrected chi connectivity index (χ2v) is 19.1. The Bertz CT molecular complexity index is 2890. The van der Waals surface area contributed by atoms with Crippen LogP contribution in [0.1, 0.15) is 65.5 Å². The highest BCUT2D eigenvalue weighted by Gasteiger charge is 2.21. The molecule has 19 nitrogen and oxygen atoms in total. The second kappa shape index (κ2) is 30.1. The van der Waals surface area contributed by atoms with Crippen LogP contribution in [0.2, 0.25) is 0 Å². The molecule has 388 valence electrons.